The number of nitriles is 1. The second kappa shape index (κ2) is 7.67. The minimum Gasteiger partial charge on any atom is -0.492 e. The normalized spacial score (nSPS) is 16.3. The van der Waals surface area contributed by atoms with Gasteiger partial charge in [-0.1, -0.05) is 13.8 Å². The third kappa shape index (κ3) is 4.27. The molecule has 0 bridgehead atoms. The number of benzene rings is 1. The lowest BCUT2D eigenvalue weighted by Gasteiger charge is -2.28. The molecule has 1 saturated carbocycles. The Balaban J connectivity index is 2.12. The highest BCUT2D eigenvalue weighted by Crippen LogP contribution is 2.42. The molecule has 0 radical (unpaired) electrons. The van der Waals surface area contributed by atoms with Crippen LogP contribution in [-0.4, -0.2) is 24.7 Å². The van der Waals surface area contributed by atoms with Crippen LogP contribution < -0.4 is 10.1 Å². The molecule has 1 aromatic carbocycles. The number of rotatable bonds is 8. The first-order chi connectivity index (χ1) is 11.4. The molecular weight excluding hydrogens is 304 g/mol. The second-order valence-electron chi connectivity index (χ2n) is 6.80. The number of nitrogens with zero attached hydrogens (tertiary/aromatic N) is 1. The zero-order valence-electron chi connectivity index (χ0n) is 14.9. The molecule has 130 valence electrons. The predicted molar refractivity (Wildman–Crippen MR) is 92.9 cm³/mol. The Hall–Kier alpha value is -2.06. The van der Waals surface area contributed by atoms with E-state index >= 15 is 0 Å². The summed E-state index contributed by atoms with van der Waals surface area (Å²) in [6.07, 6.45) is 2.02. The highest BCUT2D eigenvalue weighted by atomic mass is 16.5. The summed E-state index contributed by atoms with van der Waals surface area (Å²) in [5.41, 5.74) is 0.187. The van der Waals surface area contributed by atoms with Crippen LogP contribution in [-0.2, 0) is 9.53 Å². The summed E-state index contributed by atoms with van der Waals surface area (Å²) in [4.78, 5) is 12.7. The fraction of sp³-hybridized carbons (Fsp3) is 0.579. The fourth-order valence-electron chi connectivity index (χ4n) is 2.64. The average molecular weight is 330 g/mol. The summed E-state index contributed by atoms with van der Waals surface area (Å²) in [6, 6.07) is 7.26. The van der Waals surface area contributed by atoms with Crippen LogP contribution in [0.4, 0.5) is 5.69 Å². The highest BCUT2D eigenvalue weighted by molar-refractivity contribution is 5.97. The van der Waals surface area contributed by atoms with E-state index in [-0.39, 0.29) is 11.8 Å². The van der Waals surface area contributed by atoms with Gasteiger partial charge in [-0.05, 0) is 56.7 Å². The lowest BCUT2D eigenvalue weighted by molar-refractivity contribution is -0.141. The molecule has 5 heteroatoms. The second-order valence-corrected chi connectivity index (χ2v) is 6.80. The smallest absolute Gasteiger partial charge is 0.256 e. The van der Waals surface area contributed by atoms with Crippen LogP contribution in [0, 0.1) is 23.2 Å². The first-order valence-electron chi connectivity index (χ1n) is 8.53. The van der Waals surface area contributed by atoms with E-state index in [0.717, 1.165) is 12.8 Å². The Morgan fingerprint density at radius 1 is 1.46 bits per heavy atom. The number of ether oxygens (including phenoxy) is 2. The maximum atomic E-state index is 12.7. The molecule has 1 N–H and O–H groups in total. The Morgan fingerprint density at radius 2 is 2.17 bits per heavy atom. The SMILES string of the molecule is CCO[C@](C)(C(=O)Nc1ccc(OCC(C)C)c(C#N)c1)C1CC1. The van der Waals surface area contributed by atoms with Crippen molar-refractivity contribution >= 4 is 11.6 Å². The molecule has 1 amide bonds. The molecule has 0 heterocycles. The predicted octanol–water partition coefficient (Wildman–Crippen LogP) is 3.74. The van der Waals surface area contributed by atoms with E-state index in [1.807, 2.05) is 27.7 Å². The largest absolute Gasteiger partial charge is 0.492 e. The lowest BCUT2D eigenvalue weighted by atomic mass is 9.98. The van der Waals surface area contributed by atoms with Crippen LogP contribution >= 0.6 is 0 Å². The third-order valence-corrected chi connectivity index (χ3v) is 4.18. The van der Waals surface area contributed by atoms with Crippen molar-refractivity contribution < 1.29 is 14.3 Å². The summed E-state index contributed by atoms with van der Waals surface area (Å²) in [5.74, 6) is 1.02. The quantitative estimate of drug-likeness (QED) is 0.788. The minimum atomic E-state index is -0.811. The van der Waals surface area contributed by atoms with Crippen LogP contribution in [0.25, 0.3) is 0 Å². The minimum absolute atomic E-state index is 0.161. The number of amides is 1. The Kier molecular flexibility index (Phi) is 5.84. The summed E-state index contributed by atoms with van der Waals surface area (Å²) in [7, 11) is 0. The molecule has 0 spiro atoms. The van der Waals surface area contributed by atoms with Crippen LogP contribution in [0.15, 0.2) is 18.2 Å². The van der Waals surface area contributed by atoms with Crippen LogP contribution in [0.3, 0.4) is 0 Å². The number of anilines is 1. The van der Waals surface area contributed by atoms with Gasteiger partial charge in [0, 0.05) is 12.3 Å². The van der Waals surface area contributed by atoms with Gasteiger partial charge in [0.1, 0.15) is 17.4 Å². The van der Waals surface area contributed by atoms with Gasteiger partial charge in [-0.15, -0.1) is 0 Å². The number of carbonyl (C=O) groups excluding carboxylic acids is 1. The molecule has 1 aliphatic carbocycles. The highest BCUT2D eigenvalue weighted by Gasteiger charge is 2.48. The third-order valence-electron chi connectivity index (χ3n) is 4.18. The van der Waals surface area contributed by atoms with Gasteiger partial charge in [-0.3, -0.25) is 4.79 Å². The van der Waals surface area contributed by atoms with Gasteiger partial charge in [0.05, 0.1) is 12.2 Å². The van der Waals surface area contributed by atoms with E-state index in [2.05, 4.69) is 11.4 Å². The maximum Gasteiger partial charge on any atom is 0.256 e. The van der Waals surface area contributed by atoms with E-state index in [1.54, 1.807) is 18.2 Å². The van der Waals surface area contributed by atoms with Gasteiger partial charge in [0.25, 0.3) is 5.91 Å². The van der Waals surface area contributed by atoms with E-state index in [9.17, 15) is 10.1 Å². The Morgan fingerprint density at radius 3 is 2.71 bits per heavy atom. The van der Waals surface area contributed by atoms with Gasteiger partial charge in [-0.2, -0.15) is 5.26 Å². The summed E-state index contributed by atoms with van der Waals surface area (Å²) < 4.78 is 11.4. The van der Waals surface area contributed by atoms with Crippen molar-refractivity contribution in [1.29, 1.82) is 5.26 Å². The van der Waals surface area contributed by atoms with Gasteiger partial charge < -0.3 is 14.8 Å². The van der Waals surface area contributed by atoms with Crippen molar-refractivity contribution in [1.82, 2.24) is 0 Å². The van der Waals surface area contributed by atoms with Crippen molar-refractivity contribution in [2.45, 2.75) is 46.1 Å². The standard InChI is InChI=1S/C19H26N2O3/c1-5-24-19(4,15-6-7-15)18(22)21-16-8-9-17(14(10-16)11-20)23-12-13(2)3/h8-10,13,15H,5-7,12H2,1-4H3,(H,21,22)/t19-/m0/s1. The first kappa shape index (κ1) is 18.3. The molecule has 24 heavy (non-hydrogen) atoms. The summed E-state index contributed by atoms with van der Waals surface area (Å²) in [5, 5.41) is 12.2. The van der Waals surface area contributed by atoms with Gasteiger partial charge in [0.2, 0.25) is 0 Å². The molecule has 5 nitrogen and oxygen atoms in total. The molecule has 2 rings (SSSR count). The van der Waals surface area contributed by atoms with Crippen molar-refractivity contribution in [3.05, 3.63) is 23.8 Å². The monoisotopic (exact) mass is 330 g/mol. The van der Waals surface area contributed by atoms with Crippen molar-refractivity contribution in [3.8, 4) is 11.8 Å². The molecule has 1 fully saturated rings. The zero-order valence-corrected chi connectivity index (χ0v) is 14.9. The molecule has 0 aromatic heterocycles. The van der Waals surface area contributed by atoms with Gasteiger partial charge >= 0.3 is 0 Å². The van der Waals surface area contributed by atoms with Gasteiger partial charge in [-0.25, -0.2) is 0 Å². The first-order valence-corrected chi connectivity index (χ1v) is 8.53. The van der Waals surface area contributed by atoms with Crippen molar-refractivity contribution in [2.75, 3.05) is 18.5 Å². The number of nitrogens with one attached hydrogen (secondary N) is 1. The molecule has 1 aromatic rings. The van der Waals surface area contributed by atoms with E-state index < -0.39 is 5.60 Å². The molecule has 0 unspecified atom stereocenters. The van der Waals surface area contributed by atoms with Crippen molar-refractivity contribution in [3.63, 3.8) is 0 Å². The number of hydrogen-bond acceptors (Lipinski definition) is 4. The van der Waals surface area contributed by atoms with E-state index in [0.29, 0.717) is 36.1 Å². The number of hydrogen-bond donors (Lipinski definition) is 1. The fourth-order valence-corrected chi connectivity index (χ4v) is 2.64. The molecule has 0 aliphatic heterocycles. The lowest BCUT2D eigenvalue weighted by Crippen LogP contribution is -2.44. The molecule has 0 saturated heterocycles. The summed E-state index contributed by atoms with van der Waals surface area (Å²) in [6.45, 7) is 8.87. The van der Waals surface area contributed by atoms with E-state index in [1.165, 1.54) is 0 Å². The Labute approximate surface area is 144 Å². The maximum absolute atomic E-state index is 12.7. The average Bonchev–Trinajstić information content (AvgIpc) is 3.38. The molecule has 1 aliphatic rings. The topological polar surface area (TPSA) is 71.3 Å². The van der Waals surface area contributed by atoms with Gasteiger partial charge in [0.15, 0.2) is 0 Å². The molecular formula is C19H26N2O3. The van der Waals surface area contributed by atoms with Crippen molar-refractivity contribution in [2.24, 2.45) is 11.8 Å². The Bertz CT molecular complexity index is 632. The van der Waals surface area contributed by atoms with Crippen LogP contribution in [0.2, 0.25) is 0 Å². The zero-order chi connectivity index (χ0) is 17.7. The molecule has 1 atom stereocenters. The van der Waals surface area contributed by atoms with E-state index in [4.69, 9.17) is 9.47 Å². The summed E-state index contributed by atoms with van der Waals surface area (Å²) >= 11 is 0. The van der Waals surface area contributed by atoms with Crippen LogP contribution in [0.5, 0.6) is 5.75 Å². The number of carbonyl (C=O) groups is 1. The van der Waals surface area contributed by atoms with Crippen LogP contribution in [0.1, 0.15) is 46.1 Å².